The van der Waals surface area contributed by atoms with Gasteiger partial charge in [-0.1, -0.05) is 60.1 Å². The molecule has 33 heavy (non-hydrogen) atoms. The van der Waals surface area contributed by atoms with Crippen LogP contribution in [0.4, 0.5) is 0 Å². The summed E-state index contributed by atoms with van der Waals surface area (Å²) in [6.07, 6.45) is 1.99. The van der Waals surface area contributed by atoms with E-state index < -0.39 is 11.8 Å². The van der Waals surface area contributed by atoms with Gasteiger partial charge in [0.2, 0.25) is 11.8 Å². The third-order valence-electron chi connectivity index (χ3n) is 6.07. The highest BCUT2D eigenvalue weighted by Gasteiger charge is 2.37. The Kier molecular flexibility index (Phi) is 9.32. The average molecular weight is 517 g/mol. The van der Waals surface area contributed by atoms with E-state index in [9.17, 15) is 9.59 Å². The van der Waals surface area contributed by atoms with Crippen LogP contribution >= 0.6 is 15.9 Å². The van der Waals surface area contributed by atoms with Crippen LogP contribution in [0.2, 0.25) is 0 Å². The Labute approximate surface area is 204 Å². The number of ether oxygens (including phenoxy) is 2. The predicted molar refractivity (Wildman–Crippen MR) is 132 cm³/mol. The molecule has 2 N–H and O–H groups in total. The molecule has 3 unspecified atom stereocenters. The van der Waals surface area contributed by atoms with Crippen LogP contribution in [0.3, 0.4) is 0 Å². The number of nitrogens with one attached hydrogen (secondary N) is 2. The van der Waals surface area contributed by atoms with E-state index in [0.29, 0.717) is 13.1 Å². The van der Waals surface area contributed by atoms with Gasteiger partial charge in [0.25, 0.3) is 0 Å². The highest BCUT2D eigenvalue weighted by atomic mass is 79.9. The number of para-hydroxylation sites is 1. The lowest BCUT2D eigenvalue weighted by molar-refractivity contribution is -0.133. The molecule has 3 rings (SSSR count). The molecule has 7 heteroatoms. The number of hydrogen-bond donors (Lipinski definition) is 2. The van der Waals surface area contributed by atoms with Crippen molar-refractivity contribution in [3.05, 3.63) is 64.1 Å². The van der Waals surface area contributed by atoms with Gasteiger partial charge in [0.1, 0.15) is 5.75 Å². The Bertz CT molecular complexity index is 926. The van der Waals surface area contributed by atoms with Crippen LogP contribution in [0.25, 0.3) is 0 Å². The molecule has 1 fully saturated rings. The highest BCUT2D eigenvalue weighted by molar-refractivity contribution is 9.10. The number of halogens is 1. The summed E-state index contributed by atoms with van der Waals surface area (Å²) in [5.74, 6) is -0.792. The third kappa shape index (κ3) is 6.81. The summed E-state index contributed by atoms with van der Waals surface area (Å²) in [6, 6.07) is 15.2. The van der Waals surface area contributed by atoms with E-state index in [-0.39, 0.29) is 23.8 Å². The van der Waals surface area contributed by atoms with Gasteiger partial charge < -0.3 is 20.1 Å². The zero-order chi connectivity index (χ0) is 23.8. The molecule has 0 saturated carbocycles. The van der Waals surface area contributed by atoms with Crippen molar-refractivity contribution in [3.8, 4) is 5.75 Å². The lowest BCUT2D eigenvalue weighted by Crippen LogP contribution is -2.44. The summed E-state index contributed by atoms with van der Waals surface area (Å²) in [5, 5.41) is 6.08. The van der Waals surface area contributed by atoms with Crippen molar-refractivity contribution in [3.63, 3.8) is 0 Å². The first kappa shape index (κ1) is 25.2. The van der Waals surface area contributed by atoms with E-state index in [1.165, 1.54) is 0 Å². The number of benzene rings is 2. The van der Waals surface area contributed by atoms with Gasteiger partial charge in [-0.05, 0) is 42.5 Å². The number of rotatable bonds is 10. The summed E-state index contributed by atoms with van der Waals surface area (Å²) in [6.45, 7) is 5.48. The lowest BCUT2D eigenvalue weighted by Gasteiger charge is -2.29. The second-order valence-electron chi connectivity index (χ2n) is 8.71. The first-order chi connectivity index (χ1) is 15.9. The molecular formula is C26H33BrN2O4. The van der Waals surface area contributed by atoms with Gasteiger partial charge in [0.15, 0.2) is 0 Å². The van der Waals surface area contributed by atoms with Crippen LogP contribution < -0.4 is 15.4 Å². The lowest BCUT2D eigenvalue weighted by atomic mass is 9.78. The van der Waals surface area contributed by atoms with E-state index in [4.69, 9.17) is 9.47 Å². The summed E-state index contributed by atoms with van der Waals surface area (Å²) < 4.78 is 12.0. The van der Waals surface area contributed by atoms with Crippen LogP contribution in [0.1, 0.15) is 43.7 Å². The molecule has 0 radical (unpaired) electrons. The summed E-state index contributed by atoms with van der Waals surface area (Å²) in [5.41, 5.74) is 1.70. The maximum absolute atomic E-state index is 13.4. The molecule has 0 spiro atoms. The summed E-state index contributed by atoms with van der Waals surface area (Å²) in [4.78, 5) is 26.9. The standard InChI is InChI=1S/C26H33BrN2O4/c1-17(2)23(25(30)28-15-19-7-4-5-9-22(19)32-3)24(18-10-12-20(27)13-11-18)26(31)29-16-21-8-6-14-33-21/h4-5,7,9-13,17,21,23-24H,6,8,14-16H2,1-3H3,(H,28,30)(H,29,31). The minimum Gasteiger partial charge on any atom is -0.496 e. The Morgan fingerprint density at radius 2 is 1.82 bits per heavy atom. The van der Waals surface area contributed by atoms with Crippen molar-refractivity contribution in [2.75, 3.05) is 20.3 Å². The second-order valence-corrected chi connectivity index (χ2v) is 9.62. The largest absolute Gasteiger partial charge is 0.496 e. The number of methoxy groups -OCH3 is 1. The fourth-order valence-corrected chi connectivity index (χ4v) is 4.57. The molecule has 2 aromatic carbocycles. The van der Waals surface area contributed by atoms with E-state index in [1.54, 1.807) is 7.11 Å². The van der Waals surface area contributed by atoms with Gasteiger partial charge in [-0.2, -0.15) is 0 Å². The van der Waals surface area contributed by atoms with Gasteiger partial charge in [-0.3, -0.25) is 9.59 Å². The van der Waals surface area contributed by atoms with Crippen molar-refractivity contribution >= 4 is 27.7 Å². The molecule has 1 heterocycles. The zero-order valence-corrected chi connectivity index (χ0v) is 21.1. The number of carbonyl (C=O) groups is 2. The van der Waals surface area contributed by atoms with Gasteiger partial charge in [0, 0.05) is 29.7 Å². The quantitative estimate of drug-likeness (QED) is 0.489. The zero-order valence-electron chi connectivity index (χ0n) is 19.5. The van der Waals surface area contributed by atoms with Crippen molar-refractivity contribution in [1.82, 2.24) is 10.6 Å². The maximum Gasteiger partial charge on any atom is 0.228 e. The number of hydrogen-bond acceptors (Lipinski definition) is 4. The summed E-state index contributed by atoms with van der Waals surface area (Å²) >= 11 is 3.46. The van der Waals surface area contributed by atoms with Crippen molar-refractivity contribution in [1.29, 1.82) is 0 Å². The van der Waals surface area contributed by atoms with Gasteiger partial charge in [-0.25, -0.2) is 0 Å². The van der Waals surface area contributed by atoms with Gasteiger partial charge in [0.05, 0.1) is 25.0 Å². The second kappa shape index (κ2) is 12.2. The normalized spacial score (nSPS) is 17.4. The van der Waals surface area contributed by atoms with E-state index in [1.807, 2.05) is 62.4 Å². The van der Waals surface area contributed by atoms with Crippen LogP contribution in [0.15, 0.2) is 53.0 Å². The van der Waals surface area contributed by atoms with Crippen LogP contribution in [0.5, 0.6) is 5.75 Å². The number of amides is 2. The van der Waals surface area contributed by atoms with Crippen LogP contribution in [-0.4, -0.2) is 38.2 Å². The Morgan fingerprint density at radius 1 is 1.09 bits per heavy atom. The highest BCUT2D eigenvalue weighted by Crippen LogP contribution is 2.32. The molecule has 6 nitrogen and oxygen atoms in total. The van der Waals surface area contributed by atoms with Gasteiger partial charge in [-0.15, -0.1) is 0 Å². The van der Waals surface area contributed by atoms with Gasteiger partial charge >= 0.3 is 0 Å². The fourth-order valence-electron chi connectivity index (χ4n) is 4.31. The molecule has 1 saturated heterocycles. The van der Waals surface area contributed by atoms with E-state index in [2.05, 4.69) is 26.6 Å². The molecule has 1 aliphatic rings. The average Bonchev–Trinajstić information content (AvgIpc) is 3.34. The van der Waals surface area contributed by atoms with Crippen molar-refractivity contribution in [2.24, 2.45) is 11.8 Å². The first-order valence-corrected chi connectivity index (χ1v) is 12.2. The third-order valence-corrected chi connectivity index (χ3v) is 6.59. The Balaban J connectivity index is 1.81. The molecule has 178 valence electrons. The molecular weight excluding hydrogens is 484 g/mol. The summed E-state index contributed by atoms with van der Waals surface area (Å²) in [7, 11) is 1.61. The Morgan fingerprint density at radius 3 is 2.45 bits per heavy atom. The minimum atomic E-state index is -0.614. The molecule has 0 aromatic heterocycles. The molecule has 2 aromatic rings. The van der Waals surface area contributed by atoms with E-state index in [0.717, 1.165) is 40.8 Å². The topological polar surface area (TPSA) is 76.7 Å². The monoisotopic (exact) mass is 516 g/mol. The molecule has 0 bridgehead atoms. The smallest absolute Gasteiger partial charge is 0.228 e. The Hall–Kier alpha value is -2.38. The SMILES string of the molecule is COc1ccccc1CNC(=O)C(C(C)C)C(C(=O)NCC1CCCO1)c1ccc(Br)cc1. The number of carbonyl (C=O) groups excluding carboxylic acids is 2. The molecule has 0 aliphatic carbocycles. The van der Waals surface area contributed by atoms with E-state index >= 15 is 0 Å². The molecule has 3 atom stereocenters. The first-order valence-electron chi connectivity index (χ1n) is 11.4. The molecule has 2 amide bonds. The van der Waals surface area contributed by atoms with Crippen LogP contribution in [-0.2, 0) is 20.9 Å². The van der Waals surface area contributed by atoms with Crippen LogP contribution in [0, 0.1) is 11.8 Å². The predicted octanol–water partition coefficient (Wildman–Crippen LogP) is 4.43. The van der Waals surface area contributed by atoms with Crippen molar-refractivity contribution < 1.29 is 19.1 Å². The molecule has 1 aliphatic heterocycles. The fraction of sp³-hybridized carbons (Fsp3) is 0.462. The maximum atomic E-state index is 13.4. The van der Waals surface area contributed by atoms with Crippen molar-refractivity contribution in [2.45, 2.75) is 45.3 Å². The minimum absolute atomic E-state index is 0.0383.